The Morgan fingerprint density at radius 1 is 1.22 bits per heavy atom. The van der Waals surface area contributed by atoms with Crippen molar-refractivity contribution in [1.82, 2.24) is 0 Å². The smallest absolute Gasteiger partial charge is 0.0403 e. The molecule has 0 spiro atoms. The van der Waals surface area contributed by atoms with Crippen molar-refractivity contribution in [2.24, 2.45) is 0 Å². The molecular formula is C7H14BrCl. The molecule has 0 radical (unpaired) electrons. The van der Waals surface area contributed by atoms with E-state index in [4.69, 9.17) is 11.6 Å². The Labute approximate surface area is 71.1 Å². The van der Waals surface area contributed by atoms with Crippen LogP contribution in [0.1, 0.15) is 34.1 Å². The van der Waals surface area contributed by atoms with Crippen LogP contribution < -0.4 is 0 Å². The largest absolute Gasteiger partial charge is 0.120 e. The minimum atomic E-state index is -0.0903. The monoisotopic (exact) mass is 212 g/mol. The van der Waals surface area contributed by atoms with Gasteiger partial charge >= 0.3 is 0 Å². The summed E-state index contributed by atoms with van der Waals surface area (Å²) in [6.45, 7) is 8.30. The maximum atomic E-state index is 5.99. The molecule has 0 atom stereocenters. The van der Waals surface area contributed by atoms with Crippen LogP contribution in [0.15, 0.2) is 0 Å². The van der Waals surface area contributed by atoms with Crippen LogP contribution in [0.2, 0.25) is 0 Å². The summed E-state index contributed by atoms with van der Waals surface area (Å²) in [5.74, 6) is 0. The molecule has 0 aromatic rings. The van der Waals surface area contributed by atoms with E-state index < -0.39 is 0 Å². The van der Waals surface area contributed by atoms with Gasteiger partial charge < -0.3 is 0 Å². The normalized spacial score (nSPS) is 14.0. The van der Waals surface area contributed by atoms with Gasteiger partial charge in [0.1, 0.15) is 0 Å². The van der Waals surface area contributed by atoms with E-state index >= 15 is 0 Å². The first-order chi connectivity index (χ1) is 3.71. The summed E-state index contributed by atoms with van der Waals surface area (Å²) in [4.78, 5) is -0.0903. The zero-order chi connectivity index (χ0) is 7.71. The van der Waals surface area contributed by atoms with E-state index in [1.54, 1.807) is 0 Å². The van der Waals surface area contributed by atoms with Crippen molar-refractivity contribution in [2.75, 3.05) is 0 Å². The lowest BCUT2D eigenvalue weighted by Gasteiger charge is -2.24. The standard InChI is InChI=1S/C7H14BrCl/c1-6(2,8)5-7(3,4)9/h5H2,1-4H3. The lowest BCUT2D eigenvalue weighted by Crippen LogP contribution is -2.23. The van der Waals surface area contributed by atoms with Gasteiger partial charge in [0.05, 0.1) is 0 Å². The number of halogens is 2. The summed E-state index contributed by atoms with van der Waals surface area (Å²) in [6, 6.07) is 0. The van der Waals surface area contributed by atoms with Crippen LogP contribution in [-0.4, -0.2) is 9.20 Å². The summed E-state index contributed by atoms with van der Waals surface area (Å²) in [7, 11) is 0. The first-order valence-corrected chi connectivity index (χ1v) is 4.26. The van der Waals surface area contributed by atoms with Crippen molar-refractivity contribution in [3.63, 3.8) is 0 Å². The number of hydrogen-bond acceptors (Lipinski definition) is 0. The van der Waals surface area contributed by atoms with Gasteiger partial charge in [0.2, 0.25) is 0 Å². The number of alkyl halides is 2. The van der Waals surface area contributed by atoms with Gasteiger partial charge in [0.25, 0.3) is 0 Å². The molecule has 2 heteroatoms. The second-order valence-corrected chi connectivity index (χ2v) is 6.78. The summed E-state index contributed by atoms with van der Waals surface area (Å²) < 4.78 is 0.165. The van der Waals surface area contributed by atoms with E-state index in [0.29, 0.717) is 0 Å². The van der Waals surface area contributed by atoms with Crippen molar-refractivity contribution < 1.29 is 0 Å². The van der Waals surface area contributed by atoms with Gasteiger partial charge in [-0.25, -0.2) is 0 Å². The van der Waals surface area contributed by atoms with Gasteiger partial charge in [0, 0.05) is 9.20 Å². The molecule has 0 saturated carbocycles. The van der Waals surface area contributed by atoms with Gasteiger partial charge in [0.15, 0.2) is 0 Å². The van der Waals surface area contributed by atoms with Crippen LogP contribution in [0, 0.1) is 0 Å². The highest BCUT2D eigenvalue weighted by Crippen LogP contribution is 2.31. The molecule has 0 aliphatic rings. The first-order valence-electron chi connectivity index (χ1n) is 3.09. The molecular weight excluding hydrogens is 199 g/mol. The third kappa shape index (κ3) is 8.77. The van der Waals surface area contributed by atoms with E-state index in [1.165, 1.54) is 0 Å². The third-order valence-corrected chi connectivity index (χ3v) is 1.25. The van der Waals surface area contributed by atoms with Crippen LogP contribution in [0.3, 0.4) is 0 Å². The zero-order valence-corrected chi connectivity index (χ0v) is 8.80. The van der Waals surface area contributed by atoms with Crippen LogP contribution >= 0.6 is 27.5 Å². The number of rotatable bonds is 2. The second-order valence-electron chi connectivity index (χ2n) is 3.61. The molecule has 0 unspecified atom stereocenters. The lowest BCUT2D eigenvalue weighted by atomic mass is 10.00. The predicted molar refractivity (Wildman–Crippen MR) is 47.6 cm³/mol. The molecule has 0 rings (SSSR count). The maximum absolute atomic E-state index is 5.99. The van der Waals surface area contributed by atoms with Gasteiger partial charge in [-0.3, -0.25) is 0 Å². The van der Waals surface area contributed by atoms with E-state index in [-0.39, 0.29) is 9.20 Å². The zero-order valence-electron chi connectivity index (χ0n) is 6.46. The predicted octanol–water partition coefficient (Wildman–Crippen LogP) is 3.57. The average molecular weight is 214 g/mol. The van der Waals surface area contributed by atoms with E-state index in [0.717, 1.165) is 6.42 Å². The Hall–Kier alpha value is 0.770. The Morgan fingerprint density at radius 3 is 1.56 bits per heavy atom. The molecule has 0 aliphatic carbocycles. The minimum Gasteiger partial charge on any atom is -0.120 e. The maximum Gasteiger partial charge on any atom is 0.0403 e. The topological polar surface area (TPSA) is 0 Å². The lowest BCUT2D eigenvalue weighted by molar-refractivity contribution is 0.541. The van der Waals surface area contributed by atoms with Crippen LogP contribution in [0.4, 0.5) is 0 Å². The van der Waals surface area contributed by atoms with Crippen molar-refractivity contribution in [1.29, 1.82) is 0 Å². The average Bonchev–Trinajstić information content (AvgIpc) is 1.14. The molecule has 0 aromatic carbocycles. The summed E-state index contributed by atoms with van der Waals surface area (Å²) in [5.41, 5.74) is 0. The molecule has 0 amide bonds. The fraction of sp³-hybridized carbons (Fsp3) is 1.00. The molecule has 0 saturated heterocycles. The van der Waals surface area contributed by atoms with E-state index in [1.807, 2.05) is 13.8 Å². The molecule has 9 heavy (non-hydrogen) atoms. The molecule has 0 fully saturated rings. The summed E-state index contributed by atoms with van der Waals surface area (Å²) >= 11 is 9.52. The molecule has 0 bridgehead atoms. The fourth-order valence-corrected chi connectivity index (χ4v) is 2.20. The Morgan fingerprint density at radius 2 is 1.56 bits per heavy atom. The molecule has 0 aliphatic heterocycles. The van der Waals surface area contributed by atoms with Crippen LogP contribution in [-0.2, 0) is 0 Å². The Bertz CT molecular complexity index is 74.1. The second kappa shape index (κ2) is 2.79. The summed E-state index contributed by atoms with van der Waals surface area (Å²) in [6.07, 6.45) is 0.974. The summed E-state index contributed by atoms with van der Waals surface area (Å²) in [5, 5.41) is 0. The highest BCUT2D eigenvalue weighted by Gasteiger charge is 2.23. The van der Waals surface area contributed by atoms with Crippen LogP contribution in [0.25, 0.3) is 0 Å². The van der Waals surface area contributed by atoms with Gasteiger partial charge in [-0.2, -0.15) is 0 Å². The van der Waals surface area contributed by atoms with Crippen molar-refractivity contribution in [3.8, 4) is 0 Å². The molecule has 56 valence electrons. The first kappa shape index (κ1) is 9.77. The Balaban J connectivity index is 3.75. The van der Waals surface area contributed by atoms with Crippen LogP contribution in [0.5, 0.6) is 0 Å². The fourth-order valence-electron chi connectivity index (χ4n) is 1.000. The van der Waals surface area contributed by atoms with Gasteiger partial charge in [-0.05, 0) is 20.3 Å². The molecule has 0 nitrogen and oxygen atoms in total. The highest BCUT2D eigenvalue weighted by atomic mass is 79.9. The Kier molecular flexibility index (Phi) is 3.03. The van der Waals surface area contributed by atoms with E-state index in [9.17, 15) is 0 Å². The molecule has 0 heterocycles. The van der Waals surface area contributed by atoms with E-state index in [2.05, 4.69) is 29.8 Å². The van der Waals surface area contributed by atoms with Gasteiger partial charge in [-0.15, -0.1) is 11.6 Å². The quantitative estimate of drug-likeness (QED) is 0.615. The van der Waals surface area contributed by atoms with Gasteiger partial charge in [-0.1, -0.05) is 29.8 Å². The van der Waals surface area contributed by atoms with Crippen molar-refractivity contribution in [3.05, 3.63) is 0 Å². The molecule has 0 aromatic heterocycles. The number of hydrogen-bond donors (Lipinski definition) is 0. The van der Waals surface area contributed by atoms with Crippen molar-refractivity contribution >= 4 is 27.5 Å². The van der Waals surface area contributed by atoms with Crippen molar-refractivity contribution in [2.45, 2.75) is 43.3 Å². The highest BCUT2D eigenvalue weighted by molar-refractivity contribution is 9.10. The third-order valence-electron chi connectivity index (χ3n) is 0.841. The SMILES string of the molecule is CC(C)(Cl)CC(C)(C)Br. The molecule has 0 N–H and O–H groups in total. The minimum absolute atomic E-state index is 0.0903.